The number of fused-ring (bicyclic) bond motifs is 1. The maximum Gasteiger partial charge on any atom is 0.414 e. The van der Waals surface area contributed by atoms with E-state index in [2.05, 4.69) is 17.4 Å². The van der Waals surface area contributed by atoms with E-state index in [1.54, 1.807) is 11.3 Å². The monoisotopic (exact) mass is 390 g/mol. The van der Waals surface area contributed by atoms with Gasteiger partial charge in [-0.2, -0.15) is 0 Å². The summed E-state index contributed by atoms with van der Waals surface area (Å²) in [5, 5.41) is 21.5. The van der Waals surface area contributed by atoms with Gasteiger partial charge in [0.25, 0.3) is 0 Å². The second kappa shape index (κ2) is 10.3. The Morgan fingerprint density at radius 1 is 1.11 bits per heavy atom. The number of carbonyl (C=O) groups is 2. The van der Waals surface area contributed by atoms with Crippen LogP contribution >= 0.6 is 11.3 Å². The lowest BCUT2D eigenvalue weighted by Crippen LogP contribution is -2.15. The minimum Gasteiger partial charge on any atom is -0.484 e. The van der Waals surface area contributed by atoms with Crippen LogP contribution in [0.15, 0.2) is 60.0 Å². The molecule has 0 saturated carbocycles. The first-order chi connectivity index (χ1) is 14.2. The Balaban J connectivity index is 0.000000469. The number of aliphatic carboxylic acids is 2. The highest BCUT2D eigenvalue weighted by molar-refractivity contribution is 7.10. The number of nitrogens with one attached hydrogen (secondary N) is 1. The van der Waals surface area contributed by atoms with Crippen LogP contribution in [0.3, 0.4) is 0 Å². The topological polar surface area (TPSA) is 95.9 Å². The van der Waals surface area contributed by atoms with Crippen LogP contribution in [0.2, 0.25) is 0 Å². The Morgan fingerprint density at radius 2 is 1.85 bits per heavy atom. The van der Waals surface area contributed by atoms with Crippen LogP contribution in [0.5, 0.6) is 5.75 Å². The summed E-state index contributed by atoms with van der Waals surface area (Å²) in [6, 6.07) is 18.1. The minimum atomic E-state index is -2.13. The summed E-state index contributed by atoms with van der Waals surface area (Å²) in [4.78, 5) is 19.3. The van der Waals surface area contributed by atoms with Crippen molar-refractivity contribution in [1.29, 1.82) is 0 Å². The molecule has 142 valence electrons. The van der Waals surface area contributed by atoms with Gasteiger partial charge in [-0.3, -0.25) is 0 Å². The van der Waals surface area contributed by atoms with E-state index in [1.165, 1.54) is 0 Å². The predicted octanol–water partition coefficient (Wildman–Crippen LogP) is 3.79. The molecule has 1 aromatic heterocycles. The quantitative estimate of drug-likeness (QED) is 0.554. The molecule has 0 unspecified atom stereocenters. The van der Waals surface area contributed by atoms with E-state index >= 15 is 0 Å². The van der Waals surface area contributed by atoms with Crippen molar-refractivity contribution in [2.24, 2.45) is 0 Å². The van der Waals surface area contributed by atoms with Gasteiger partial charge < -0.3 is 20.3 Å². The Kier molecular flexibility index (Phi) is 6.21. The molecule has 0 fully saturated rings. The number of thiophene rings is 1. The summed E-state index contributed by atoms with van der Waals surface area (Å²) >= 11 is 1.62. The number of carboxylic acid groups (broad SMARTS) is 2. The van der Waals surface area contributed by atoms with E-state index in [-0.39, 0.29) is 6.10 Å². The number of carboxylic acids is 2. The smallest absolute Gasteiger partial charge is 0.414 e. The Labute approximate surface area is 165 Å². The second-order valence-electron chi connectivity index (χ2n) is 5.42. The predicted molar refractivity (Wildman–Crippen MR) is 105 cm³/mol. The molecule has 0 spiro atoms. The van der Waals surface area contributed by atoms with E-state index < -0.39 is 18.9 Å². The Hall–Kier alpha value is -2.90. The molecule has 6 nitrogen and oxygen atoms in total. The van der Waals surface area contributed by atoms with Gasteiger partial charge in [0, 0.05) is 20.8 Å². The average Bonchev–Trinajstić information content (AvgIpc) is 3.21. The number of rotatable bonds is 6. The van der Waals surface area contributed by atoms with Gasteiger partial charge in [-0.1, -0.05) is 42.5 Å². The summed E-state index contributed by atoms with van der Waals surface area (Å²) in [5.41, 5.74) is 0. The van der Waals surface area contributed by atoms with Crippen molar-refractivity contribution in [3.05, 3.63) is 64.9 Å². The molecule has 3 N–H and O–H groups in total. The van der Waals surface area contributed by atoms with Crippen molar-refractivity contribution in [1.82, 2.24) is 5.32 Å². The fourth-order valence-electron chi connectivity index (χ4n) is 2.39. The summed E-state index contributed by atoms with van der Waals surface area (Å²) in [7, 11) is 0. The van der Waals surface area contributed by atoms with Crippen molar-refractivity contribution in [2.45, 2.75) is 12.5 Å². The van der Waals surface area contributed by atoms with Crippen molar-refractivity contribution in [3.8, 4) is 5.75 Å². The minimum absolute atomic E-state index is 0.175. The first-order valence-corrected chi connectivity index (χ1v) is 8.94. The van der Waals surface area contributed by atoms with Crippen molar-refractivity contribution < 1.29 is 28.7 Å². The summed E-state index contributed by atoms with van der Waals surface area (Å²) in [6.07, 6.45) is 0.410. The molecule has 0 aliphatic carbocycles. The number of benzene rings is 2. The molecule has 27 heavy (non-hydrogen) atoms. The second-order valence-corrected chi connectivity index (χ2v) is 6.40. The number of hydrogen-bond acceptors (Lipinski definition) is 5. The highest BCUT2D eigenvalue weighted by atomic mass is 32.1. The zero-order chi connectivity index (χ0) is 22.1. The van der Waals surface area contributed by atoms with Crippen LogP contribution in [-0.4, -0.2) is 35.7 Å². The lowest BCUT2D eigenvalue weighted by molar-refractivity contribution is -0.159. The molecule has 0 amide bonds. The zero-order valence-electron chi connectivity index (χ0n) is 17.3. The van der Waals surface area contributed by atoms with Crippen LogP contribution in [-0.2, 0) is 9.59 Å². The van der Waals surface area contributed by atoms with Crippen LogP contribution in [0.1, 0.15) is 21.5 Å². The maximum atomic E-state index is 9.10. The first-order valence-electron chi connectivity index (χ1n) is 9.56. The fraction of sp³-hybridized carbons (Fsp3) is 0.200. The Bertz CT molecular complexity index is 959. The molecular weight excluding hydrogens is 366 g/mol. The standard InChI is InChI=1S/C18H19NOS.C2H2O4/c1-19-12-11-17(18-10-5-13-21-18)20-16-9-4-7-14-6-2-3-8-15(14)16;3-1(4)2(5)6/h2-10,13,17,19H,11-12H2,1H3;(H,3,4)(H,5,6)/t17-;/m0./s1/i1D3;. The van der Waals surface area contributed by atoms with Crippen LogP contribution in [0.4, 0.5) is 0 Å². The lowest BCUT2D eigenvalue weighted by atomic mass is 10.1. The third-order valence-electron chi connectivity index (χ3n) is 3.59. The van der Waals surface area contributed by atoms with Crippen LogP contribution in [0.25, 0.3) is 10.8 Å². The molecule has 0 bridgehead atoms. The molecule has 0 saturated heterocycles. The van der Waals surface area contributed by atoms with E-state index in [4.69, 9.17) is 28.7 Å². The van der Waals surface area contributed by atoms with Gasteiger partial charge in [-0.15, -0.1) is 11.3 Å². The molecule has 0 aliphatic heterocycles. The van der Waals surface area contributed by atoms with Gasteiger partial charge in [0.2, 0.25) is 0 Å². The average molecular weight is 390 g/mol. The number of ether oxygens (including phenoxy) is 1. The first kappa shape index (κ1) is 16.3. The van der Waals surface area contributed by atoms with Gasteiger partial charge in [0.1, 0.15) is 11.9 Å². The molecule has 1 heterocycles. The summed E-state index contributed by atoms with van der Waals surface area (Å²) < 4.78 is 28.1. The fourth-order valence-corrected chi connectivity index (χ4v) is 3.18. The number of hydrogen-bond donors (Lipinski definition) is 3. The molecule has 3 rings (SSSR count). The summed E-state index contributed by atoms with van der Waals surface area (Å²) in [6.45, 7) is -1.76. The molecule has 0 aliphatic rings. The van der Waals surface area contributed by atoms with Crippen molar-refractivity contribution in [2.75, 3.05) is 13.5 Å². The third-order valence-corrected chi connectivity index (χ3v) is 4.56. The van der Waals surface area contributed by atoms with Gasteiger partial charge in [0.15, 0.2) is 0 Å². The van der Waals surface area contributed by atoms with Crippen molar-refractivity contribution >= 4 is 34.0 Å². The van der Waals surface area contributed by atoms with E-state index in [0.717, 1.165) is 21.4 Å². The zero-order valence-corrected chi connectivity index (χ0v) is 15.1. The van der Waals surface area contributed by atoms with Gasteiger partial charge in [0.05, 0.1) is 0 Å². The van der Waals surface area contributed by atoms with Gasteiger partial charge in [-0.05, 0) is 36.4 Å². The lowest BCUT2D eigenvalue weighted by Gasteiger charge is -2.19. The highest BCUT2D eigenvalue weighted by Gasteiger charge is 2.15. The highest BCUT2D eigenvalue weighted by Crippen LogP contribution is 2.32. The molecule has 2 aromatic carbocycles. The summed E-state index contributed by atoms with van der Waals surface area (Å²) in [5.74, 6) is -2.83. The van der Waals surface area contributed by atoms with E-state index in [1.807, 2.05) is 47.8 Å². The molecule has 7 heteroatoms. The largest absolute Gasteiger partial charge is 0.484 e. The molecule has 0 radical (unpaired) electrons. The third kappa shape index (κ3) is 6.09. The normalized spacial score (nSPS) is 13.4. The SMILES string of the molecule is O=C(O)C(=O)O.[2H]C([2H])([2H])NCC[C@H](Oc1cccc2ccccc12)c1cccs1. The maximum absolute atomic E-state index is 9.10. The van der Waals surface area contributed by atoms with E-state index in [9.17, 15) is 0 Å². The molecule has 1 atom stereocenters. The van der Waals surface area contributed by atoms with Gasteiger partial charge in [-0.25, -0.2) is 9.59 Å². The Morgan fingerprint density at radius 3 is 2.52 bits per heavy atom. The molecule has 3 aromatic rings. The van der Waals surface area contributed by atoms with E-state index in [0.29, 0.717) is 13.0 Å². The van der Waals surface area contributed by atoms with Gasteiger partial charge >= 0.3 is 11.9 Å². The van der Waals surface area contributed by atoms with Crippen LogP contribution < -0.4 is 10.1 Å². The molecular formula is C20H21NO5S. The van der Waals surface area contributed by atoms with Crippen molar-refractivity contribution in [3.63, 3.8) is 0 Å². The van der Waals surface area contributed by atoms with Crippen LogP contribution in [0, 0.1) is 0 Å².